The van der Waals surface area contributed by atoms with Crippen molar-refractivity contribution in [3.63, 3.8) is 0 Å². The predicted molar refractivity (Wildman–Crippen MR) is 91.7 cm³/mol. The van der Waals surface area contributed by atoms with Crippen LogP contribution in [0.2, 0.25) is 0 Å². The van der Waals surface area contributed by atoms with Gasteiger partial charge in [0.05, 0.1) is 0 Å². The Labute approximate surface area is 132 Å². The number of carbonyl (C=O) groups is 1. The molecule has 2 aromatic rings. The van der Waals surface area contributed by atoms with Gasteiger partial charge >= 0.3 is 0 Å². The van der Waals surface area contributed by atoms with Crippen molar-refractivity contribution >= 4 is 11.4 Å². The predicted octanol–water partition coefficient (Wildman–Crippen LogP) is 5.31. The first-order valence-corrected chi connectivity index (χ1v) is 7.80. The first-order valence-electron chi connectivity index (χ1n) is 7.80. The van der Waals surface area contributed by atoms with E-state index in [1.54, 1.807) is 0 Å². The number of ketones is 1. The smallest absolute Gasteiger partial charge is 0.163 e. The molecule has 1 atom stereocenters. The van der Waals surface area contributed by atoms with E-state index in [4.69, 9.17) is 0 Å². The molecular weight excluding hydrogens is 268 g/mol. The van der Waals surface area contributed by atoms with Gasteiger partial charge in [-0.2, -0.15) is 0 Å². The van der Waals surface area contributed by atoms with E-state index in [9.17, 15) is 4.79 Å². The highest BCUT2D eigenvalue weighted by atomic mass is 16.1. The Morgan fingerprint density at radius 1 is 0.909 bits per heavy atom. The van der Waals surface area contributed by atoms with Crippen LogP contribution < -0.4 is 0 Å². The van der Waals surface area contributed by atoms with E-state index in [2.05, 4.69) is 43.3 Å². The van der Waals surface area contributed by atoms with Crippen molar-refractivity contribution < 1.29 is 4.79 Å². The maximum atomic E-state index is 12.2. The van der Waals surface area contributed by atoms with Gasteiger partial charge in [0.25, 0.3) is 0 Å². The van der Waals surface area contributed by atoms with Gasteiger partial charge in [0.1, 0.15) is 0 Å². The summed E-state index contributed by atoms with van der Waals surface area (Å²) in [7, 11) is 0. The number of Topliss-reactive ketones (excluding diaryl/α,β-unsaturated/α-hetero) is 1. The van der Waals surface area contributed by atoms with Crippen LogP contribution in [0.1, 0.15) is 35.7 Å². The molecule has 0 saturated carbocycles. The van der Waals surface area contributed by atoms with E-state index in [-0.39, 0.29) is 5.78 Å². The van der Waals surface area contributed by atoms with Crippen molar-refractivity contribution in [1.82, 2.24) is 0 Å². The normalized spacial score (nSPS) is 17.0. The zero-order valence-corrected chi connectivity index (χ0v) is 12.8. The third-order valence-corrected chi connectivity index (χ3v) is 4.34. The maximum Gasteiger partial charge on any atom is 0.163 e. The largest absolute Gasteiger partial charge is 0.294 e. The third-order valence-electron chi connectivity index (χ3n) is 4.34. The van der Waals surface area contributed by atoms with Crippen molar-refractivity contribution in [3.8, 4) is 0 Å². The minimum Gasteiger partial charge on any atom is -0.294 e. The van der Waals surface area contributed by atoms with Crippen LogP contribution in [0.15, 0.2) is 78.4 Å². The van der Waals surface area contributed by atoms with Gasteiger partial charge < -0.3 is 0 Å². The van der Waals surface area contributed by atoms with Crippen LogP contribution >= 0.6 is 0 Å². The fourth-order valence-corrected chi connectivity index (χ4v) is 2.99. The van der Waals surface area contributed by atoms with E-state index < -0.39 is 0 Å². The Hall–Kier alpha value is -2.41. The standard InChI is InChI=1S/C21H20O/c1-16-17(12-14-20(16)18-8-4-2-5-9-18)13-15-21(22)19-10-6-3-7-11-19/h2-12,14,16H,13,15H2,1H3. The van der Waals surface area contributed by atoms with E-state index >= 15 is 0 Å². The monoisotopic (exact) mass is 288 g/mol. The molecule has 1 unspecified atom stereocenters. The SMILES string of the molecule is CC1C(CCC(=O)c2ccccc2)=CC=C1c1ccccc1. The summed E-state index contributed by atoms with van der Waals surface area (Å²) in [5.41, 5.74) is 4.78. The van der Waals surface area contributed by atoms with E-state index in [0.29, 0.717) is 12.3 Å². The summed E-state index contributed by atoms with van der Waals surface area (Å²) in [6, 6.07) is 20.0. The highest BCUT2D eigenvalue weighted by Crippen LogP contribution is 2.36. The molecule has 0 fully saturated rings. The topological polar surface area (TPSA) is 17.1 Å². The third kappa shape index (κ3) is 3.09. The first-order chi connectivity index (χ1) is 10.8. The number of hydrogen-bond acceptors (Lipinski definition) is 1. The van der Waals surface area contributed by atoms with Gasteiger partial charge in [-0.05, 0) is 17.6 Å². The minimum absolute atomic E-state index is 0.224. The molecule has 1 aliphatic carbocycles. The lowest BCUT2D eigenvalue weighted by molar-refractivity contribution is 0.0982. The van der Waals surface area contributed by atoms with Crippen LogP contribution in [-0.4, -0.2) is 5.78 Å². The van der Waals surface area contributed by atoms with Gasteiger partial charge in [-0.15, -0.1) is 0 Å². The van der Waals surface area contributed by atoms with Gasteiger partial charge in [-0.25, -0.2) is 0 Å². The minimum atomic E-state index is 0.224. The van der Waals surface area contributed by atoms with Gasteiger partial charge in [-0.3, -0.25) is 4.79 Å². The second kappa shape index (κ2) is 6.57. The van der Waals surface area contributed by atoms with Crippen LogP contribution in [0.4, 0.5) is 0 Å². The molecule has 0 saturated heterocycles. The second-order valence-corrected chi connectivity index (χ2v) is 5.74. The van der Waals surface area contributed by atoms with Crippen LogP contribution in [-0.2, 0) is 0 Å². The highest BCUT2D eigenvalue weighted by molar-refractivity contribution is 5.96. The molecule has 3 rings (SSSR count). The molecule has 1 heteroatoms. The Balaban J connectivity index is 1.61. The van der Waals surface area contributed by atoms with E-state index in [0.717, 1.165) is 12.0 Å². The van der Waals surface area contributed by atoms with Crippen molar-refractivity contribution in [2.45, 2.75) is 19.8 Å². The molecule has 1 aliphatic rings. The molecule has 2 aromatic carbocycles. The summed E-state index contributed by atoms with van der Waals surface area (Å²) in [5.74, 6) is 0.618. The first kappa shape index (κ1) is 14.5. The van der Waals surface area contributed by atoms with Crippen molar-refractivity contribution in [2.24, 2.45) is 5.92 Å². The zero-order valence-electron chi connectivity index (χ0n) is 12.8. The van der Waals surface area contributed by atoms with Crippen LogP contribution in [0.25, 0.3) is 5.57 Å². The second-order valence-electron chi connectivity index (χ2n) is 5.74. The number of benzene rings is 2. The Bertz CT molecular complexity index is 708. The van der Waals surface area contributed by atoms with Crippen LogP contribution in [0, 0.1) is 5.92 Å². The summed E-state index contributed by atoms with van der Waals surface area (Å²) >= 11 is 0. The molecule has 0 amide bonds. The lowest BCUT2D eigenvalue weighted by Crippen LogP contribution is -2.03. The van der Waals surface area contributed by atoms with Crippen molar-refractivity contribution in [1.29, 1.82) is 0 Å². The lowest BCUT2D eigenvalue weighted by Gasteiger charge is -2.15. The van der Waals surface area contributed by atoms with Gasteiger partial charge in [0, 0.05) is 17.9 Å². The Morgan fingerprint density at radius 3 is 2.23 bits per heavy atom. The van der Waals surface area contributed by atoms with Crippen LogP contribution in [0.3, 0.4) is 0 Å². The fraction of sp³-hybridized carbons (Fsp3) is 0.190. The van der Waals surface area contributed by atoms with E-state index in [1.807, 2.05) is 36.4 Å². The molecule has 0 spiro atoms. The average Bonchev–Trinajstić information content (AvgIpc) is 2.95. The molecule has 110 valence electrons. The summed E-state index contributed by atoms with van der Waals surface area (Å²) in [4.78, 5) is 12.2. The van der Waals surface area contributed by atoms with Gasteiger partial charge in [0.15, 0.2) is 5.78 Å². The Morgan fingerprint density at radius 2 is 1.55 bits per heavy atom. The number of allylic oxidation sites excluding steroid dienone is 4. The number of rotatable bonds is 5. The van der Waals surface area contributed by atoms with Gasteiger partial charge in [-0.1, -0.05) is 85.3 Å². The molecule has 0 radical (unpaired) electrons. The Kier molecular flexibility index (Phi) is 4.34. The van der Waals surface area contributed by atoms with E-state index in [1.165, 1.54) is 16.7 Å². The van der Waals surface area contributed by atoms with Crippen LogP contribution in [0.5, 0.6) is 0 Å². The quantitative estimate of drug-likeness (QED) is 0.681. The maximum absolute atomic E-state index is 12.2. The van der Waals surface area contributed by atoms with Crippen molar-refractivity contribution in [3.05, 3.63) is 89.5 Å². The molecule has 22 heavy (non-hydrogen) atoms. The molecule has 1 nitrogen and oxygen atoms in total. The molecule has 0 N–H and O–H groups in total. The van der Waals surface area contributed by atoms with Crippen molar-refractivity contribution in [2.75, 3.05) is 0 Å². The number of hydrogen-bond donors (Lipinski definition) is 0. The molecule has 0 bridgehead atoms. The molecular formula is C21H20O. The average molecular weight is 288 g/mol. The highest BCUT2D eigenvalue weighted by Gasteiger charge is 2.20. The summed E-state index contributed by atoms with van der Waals surface area (Å²) in [6.45, 7) is 2.23. The van der Waals surface area contributed by atoms with Gasteiger partial charge in [0.2, 0.25) is 0 Å². The fourth-order valence-electron chi connectivity index (χ4n) is 2.99. The molecule has 0 aliphatic heterocycles. The summed E-state index contributed by atoms with van der Waals surface area (Å²) in [5, 5.41) is 0. The zero-order chi connectivity index (χ0) is 15.4. The molecule has 0 heterocycles. The molecule has 0 aromatic heterocycles. The summed E-state index contributed by atoms with van der Waals surface area (Å²) in [6.07, 6.45) is 5.80. The number of carbonyl (C=O) groups excluding carboxylic acids is 1. The lowest BCUT2D eigenvalue weighted by atomic mass is 9.89. The summed E-state index contributed by atoms with van der Waals surface area (Å²) < 4.78 is 0.